The van der Waals surface area contributed by atoms with Crippen LogP contribution in [0.3, 0.4) is 0 Å². The first-order valence-corrected chi connectivity index (χ1v) is 4.70. The molecule has 0 unspecified atom stereocenters. The lowest BCUT2D eigenvalue weighted by Gasteiger charge is -2.20. The van der Waals surface area contributed by atoms with Gasteiger partial charge >= 0.3 is 0 Å². The van der Waals surface area contributed by atoms with Gasteiger partial charge in [-0.15, -0.1) is 0 Å². The Bertz CT molecular complexity index is 339. The minimum atomic E-state index is -0.757. The number of rotatable bonds is 3. The lowest BCUT2D eigenvalue weighted by atomic mass is 10.1. The molecule has 0 bridgehead atoms. The Balaban J connectivity index is 3.03. The molecule has 1 amide bonds. The van der Waals surface area contributed by atoms with Crippen molar-refractivity contribution in [2.75, 3.05) is 0 Å². The standard InChI is InChI=1S/C10H17N3O/c1-7(2)8-5-12-13(6-8)10(3,4)9(11)14/h5-7H,1-4H3,(H2,11,14). The minimum absolute atomic E-state index is 0.379. The number of amides is 1. The van der Waals surface area contributed by atoms with E-state index < -0.39 is 5.54 Å². The molecule has 4 heteroatoms. The number of carbonyl (C=O) groups is 1. The molecule has 0 aliphatic rings. The van der Waals surface area contributed by atoms with Crippen molar-refractivity contribution in [3.05, 3.63) is 18.0 Å². The maximum absolute atomic E-state index is 11.2. The van der Waals surface area contributed by atoms with Crippen molar-refractivity contribution >= 4 is 5.91 Å². The summed E-state index contributed by atoms with van der Waals surface area (Å²) in [6, 6.07) is 0. The van der Waals surface area contributed by atoms with Gasteiger partial charge in [0.15, 0.2) is 0 Å². The lowest BCUT2D eigenvalue weighted by Crippen LogP contribution is -2.41. The normalized spacial score (nSPS) is 12.1. The summed E-state index contributed by atoms with van der Waals surface area (Å²) in [5.74, 6) is 0.0309. The smallest absolute Gasteiger partial charge is 0.244 e. The van der Waals surface area contributed by atoms with Crippen molar-refractivity contribution in [1.29, 1.82) is 0 Å². The van der Waals surface area contributed by atoms with E-state index >= 15 is 0 Å². The highest BCUT2D eigenvalue weighted by Crippen LogP contribution is 2.18. The monoisotopic (exact) mass is 195 g/mol. The van der Waals surface area contributed by atoms with Gasteiger partial charge in [-0.05, 0) is 25.3 Å². The third-order valence-corrected chi connectivity index (χ3v) is 2.44. The molecule has 1 aromatic rings. The predicted octanol–water partition coefficient (Wildman–Crippen LogP) is 1.23. The van der Waals surface area contributed by atoms with Crippen LogP contribution in [-0.4, -0.2) is 15.7 Å². The highest BCUT2D eigenvalue weighted by Gasteiger charge is 2.28. The van der Waals surface area contributed by atoms with Gasteiger partial charge in [0.2, 0.25) is 5.91 Å². The van der Waals surface area contributed by atoms with E-state index in [9.17, 15) is 4.79 Å². The number of carbonyl (C=O) groups excluding carboxylic acids is 1. The molecular formula is C10H17N3O. The number of aromatic nitrogens is 2. The zero-order chi connectivity index (χ0) is 10.9. The summed E-state index contributed by atoms with van der Waals surface area (Å²) in [5.41, 5.74) is 5.64. The molecule has 1 aromatic heterocycles. The first kappa shape index (κ1) is 10.8. The highest BCUT2D eigenvalue weighted by atomic mass is 16.1. The van der Waals surface area contributed by atoms with Crippen LogP contribution >= 0.6 is 0 Å². The maximum Gasteiger partial charge on any atom is 0.244 e. The molecule has 1 rings (SSSR count). The van der Waals surface area contributed by atoms with Gasteiger partial charge in [-0.1, -0.05) is 13.8 Å². The van der Waals surface area contributed by atoms with Crippen molar-refractivity contribution in [2.24, 2.45) is 5.73 Å². The molecular weight excluding hydrogens is 178 g/mol. The Morgan fingerprint density at radius 2 is 2.14 bits per heavy atom. The summed E-state index contributed by atoms with van der Waals surface area (Å²) in [6.45, 7) is 7.68. The number of primary amides is 1. The van der Waals surface area contributed by atoms with Crippen LogP contribution in [0, 0.1) is 0 Å². The Morgan fingerprint density at radius 3 is 2.50 bits per heavy atom. The van der Waals surface area contributed by atoms with Crippen molar-refractivity contribution in [3.8, 4) is 0 Å². The second-order valence-corrected chi connectivity index (χ2v) is 4.30. The van der Waals surface area contributed by atoms with Gasteiger partial charge in [0.25, 0.3) is 0 Å². The van der Waals surface area contributed by atoms with Crippen LogP contribution in [0.2, 0.25) is 0 Å². The van der Waals surface area contributed by atoms with Crippen LogP contribution in [0.15, 0.2) is 12.4 Å². The van der Waals surface area contributed by atoms with Gasteiger partial charge in [0, 0.05) is 6.20 Å². The first-order valence-electron chi connectivity index (χ1n) is 4.70. The van der Waals surface area contributed by atoms with Gasteiger partial charge in [-0.2, -0.15) is 5.10 Å². The number of hydrogen-bond donors (Lipinski definition) is 1. The molecule has 4 nitrogen and oxygen atoms in total. The molecule has 0 atom stereocenters. The molecule has 0 saturated heterocycles. The molecule has 0 aliphatic heterocycles. The third-order valence-electron chi connectivity index (χ3n) is 2.44. The fourth-order valence-corrected chi connectivity index (χ4v) is 1.05. The largest absolute Gasteiger partial charge is 0.368 e. The topological polar surface area (TPSA) is 60.9 Å². The van der Waals surface area contributed by atoms with Crippen LogP contribution in [0.4, 0.5) is 0 Å². The summed E-state index contributed by atoms with van der Waals surface area (Å²) in [6.07, 6.45) is 3.64. The fraction of sp³-hybridized carbons (Fsp3) is 0.600. The fourth-order valence-electron chi connectivity index (χ4n) is 1.05. The number of nitrogens with zero attached hydrogens (tertiary/aromatic N) is 2. The van der Waals surface area contributed by atoms with Crippen LogP contribution in [0.25, 0.3) is 0 Å². The molecule has 0 aromatic carbocycles. The van der Waals surface area contributed by atoms with Gasteiger partial charge in [-0.25, -0.2) is 0 Å². The molecule has 0 aliphatic carbocycles. The molecule has 0 spiro atoms. The van der Waals surface area contributed by atoms with Gasteiger partial charge in [0.1, 0.15) is 5.54 Å². The molecule has 0 radical (unpaired) electrons. The molecule has 0 fully saturated rings. The summed E-state index contributed by atoms with van der Waals surface area (Å²) in [5, 5.41) is 4.15. The number of nitrogens with two attached hydrogens (primary N) is 1. The Hall–Kier alpha value is -1.32. The van der Waals surface area contributed by atoms with Crippen LogP contribution in [-0.2, 0) is 10.3 Å². The third kappa shape index (κ3) is 1.78. The Labute approximate surface area is 84.1 Å². The van der Waals surface area contributed by atoms with Crippen molar-refractivity contribution in [1.82, 2.24) is 9.78 Å². The molecule has 78 valence electrons. The lowest BCUT2D eigenvalue weighted by molar-refractivity contribution is -0.125. The number of hydrogen-bond acceptors (Lipinski definition) is 2. The first-order chi connectivity index (χ1) is 6.35. The summed E-state index contributed by atoms with van der Waals surface area (Å²) < 4.78 is 1.62. The molecule has 1 heterocycles. The quantitative estimate of drug-likeness (QED) is 0.788. The Kier molecular flexibility index (Phi) is 2.64. The predicted molar refractivity (Wildman–Crippen MR) is 54.8 cm³/mol. The molecule has 2 N–H and O–H groups in total. The van der Waals surface area contributed by atoms with E-state index in [1.165, 1.54) is 0 Å². The second kappa shape index (κ2) is 3.44. The van der Waals surface area contributed by atoms with Crippen LogP contribution < -0.4 is 5.73 Å². The van der Waals surface area contributed by atoms with E-state index in [0.717, 1.165) is 5.56 Å². The average molecular weight is 195 g/mol. The highest BCUT2D eigenvalue weighted by molar-refractivity contribution is 5.81. The average Bonchev–Trinajstić information content (AvgIpc) is 2.51. The van der Waals surface area contributed by atoms with Crippen molar-refractivity contribution < 1.29 is 4.79 Å². The van der Waals surface area contributed by atoms with E-state index in [1.54, 1.807) is 24.7 Å². The zero-order valence-corrected chi connectivity index (χ0v) is 9.11. The van der Waals surface area contributed by atoms with Crippen LogP contribution in [0.5, 0.6) is 0 Å². The Morgan fingerprint density at radius 1 is 1.57 bits per heavy atom. The molecule has 14 heavy (non-hydrogen) atoms. The minimum Gasteiger partial charge on any atom is -0.368 e. The van der Waals surface area contributed by atoms with E-state index in [1.807, 2.05) is 6.20 Å². The van der Waals surface area contributed by atoms with E-state index in [0.29, 0.717) is 5.92 Å². The van der Waals surface area contributed by atoms with Gasteiger partial charge in [0.05, 0.1) is 6.20 Å². The van der Waals surface area contributed by atoms with Crippen molar-refractivity contribution in [2.45, 2.75) is 39.2 Å². The second-order valence-electron chi connectivity index (χ2n) is 4.30. The summed E-state index contributed by atoms with van der Waals surface area (Å²) in [4.78, 5) is 11.2. The SMILES string of the molecule is CC(C)c1cnn(C(C)(C)C(N)=O)c1. The van der Waals surface area contributed by atoms with E-state index in [-0.39, 0.29) is 5.91 Å². The van der Waals surface area contributed by atoms with E-state index in [2.05, 4.69) is 18.9 Å². The van der Waals surface area contributed by atoms with Gasteiger partial charge < -0.3 is 5.73 Å². The summed E-state index contributed by atoms with van der Waals surface area (Å²) in [7, 11) is 0. The zero-order valence-electron chi connectivity index (χ0n) is 9.11. The summed E-state index contributed by atoms with van der Waals surface area (Å²) >= 11 is 0. The van der Waals surface area contributed by atoms with Gasteiger partial charge in [-0.3, -0.25) is 9.48 Å². The van der Waals surface area contributed by atoms with E-state index in [4.69, 9.17) is 5.73 Å². The van der Waals surface area contributed by atoms with Crippen LogP contribution in [0.1, 0.15) is 39.2 Å². The van der Waals surface area contributed by atoms with Crippen molar-refractivity contribution in [3.63, 3.8) is 0 Å². The maximum atomic E-state index is 11.2. The molecule has 0 saturated carbocycles.